The van der Waals surface area contributed by atoms with Crippen LogP contribution in [0.15, 0.2) is 12.1 Å². The Hall–Kier alpha value is -1.46. The minimum atomic E-state index is -0.210. The number of nitrogens with one attached hydrogen (secondary N) is 1. The molecule has 0 bridgehead atoms. The summed E-state index contributed by atoms with van der Waals surface area (Å²) in [5.74, 6) is 1.29. The Morgan fingerprint density at radius 3 is 2.14 bits per heavy atom. The van der Waals surface area contributed by atoms with Crippen molar-refractivity contribution in [1.29, 1.82) is 0 Å². The van der Waals surface area contributed by atoms with Gasteiger partial charge in [-0.25, -0.2) is 0 Å². The highest BCUT2D eigenvalue weighted by atomic mass is 35.5. The largest absolute Gasteiger partial charge is 0.493 e. The number of esters is 1. The molecule has 0 atom stereocenters. The lowest BCUT2D eigenvalue weighted by atomic mass is 10.1. The summed E-state index contributed by atoms with van der Waals surface area (Å²) >= 11 is 0. The number of benzene rings is 1. The first-order valence-electron chi connectivity index (χ1n) is 6.80. The molecule has 0 amide bonds. The molecule has 118 valence electrons. The number of carbonyl (C=O) groups excluding carboxylic acids is 1. The fourth-order valence-corrected chi connectivity index (χ4v) is 2.53. The number of hydrogen-bond acceptors (Lipinski definition) is 5. The van der Waals surface area contributed by atoms with Crippen LogP contribution in [-0.4, -0.2) is 39.4 Å². The Morgan fingerprint density at radius 2 is 1.71 bits per heavy atom. The first-order valence-corrected chi connectivity index (χ1v) is 6.80. The zero-order valence-corrected chi connectivity index (χ0v) is 13.4. The summed E-state index contributed by atoms with van der Waals surface area (Å²) in [6.07, 6.45) is 1.77. The maximum absolute atomic E-state index is 11.3. The Balaban J connectivity index is 0.00000220. The second-order valence-electron chi connectivity index (χ2n) is 4.77. The number of methoxy groups -OCH3 is 2. The van der Waals surface area contributed by atoms with Crippen LogP contribution >= 0.6 is 12.4 Å². The molecule has 0 aliphatic heterocycles. The van der Waals surface area contributed by atoms with E-state index in [2.05, 4.69) is 5.32 Å². The van der Waals surface area contributed by atoms with Gasteiger partial charge in [0.05, 0.1) is 27.4 Å². The van der Waals surface area contributed by atoms with Crippen LogP contribution in [0.5, 0.6) is 11.5 Å². The van der Waals surface area contributed by atoms with E-state index in [1.165, 1.54) is 11.1 Å². The quantitative estimate of drug-likeness (QED) is 0.811. The lowest BCUT2D eigenvalue weighted by Gasteiger charge is -2.10. The third-order valence-corrected chi connectivity index (χ3v) is 3.48. The molecule has 1 aliphatic rings. The molecule has 0 fully saturated rings. The van der Waals surface area contributed by atoms with Crippen molar-refractivity contribution >= 4 is 18.4 Å². The fraction of sp³-hybridized carbons (Fsp3) is 0.533. The SMILES string of the molecule is CCOC(=O)CNC1Cc2cc(OC)c(OC)cc2C1.Cl. The van der Waals surface area contributed by atoms with Crippen molar-refractivity contribution in [2.24, 2.45) is 0 Å². The third-order valence-electron chi connectivity index (χ3n) is 3.48. The molecule has 0 unspecified atom stereocenters. The van der Waals surface area contributed by atoms with Crippen LogP contribution in [-0.2, 0) is 22.4 Å². The van der Waals surface area contributed by atoms with Gasteiger partial charge in [0.25, 0.3) is 0 Å². The molecule has 0 radical (unpaired) electrons. The molecule has 1 aliphatic carbocycles. The van der Waals surface area contributed by atoms with E-state index in [0.717, 1.165) is 24.3 Å². The monoisotopic (exact) mass is 315 g/mol. The van der Waals surface area contributed by atoms with E-state index in [0.29, 0.717) is 6.61 Å². The van der Waals surface area contributed by atoms with Gasteiger partial charge in [0.2, 0.25) is 0 Å². The van der Waals surface area contributed by atoms with Crippen LogP contribution in [0.2, 0.25) is 0 Å². The standard InChI is InChI=1S/C15H21NO4.ClH/c1-4-20-15(17)9-16-12-5-10-7-13(18-2)14(19-3)8-11(10)6-12;/h7-8,12,16H,4-6,9H2,1-3H3;1H. The Bertz CT molecular complexity index is 460. The van der Waals surface area contributed by atoms with Crippen molar-refractivity contribution < 1.29 is 19.0 Å². The van der Waals surface area contributed by atoms with Crippen molar-refractivity contribution in [2.45, 2.75) is 25.8 Å². The van der Waals surface area contributed by atoms with Gasteiger partial charge in [-0.15, -0.1) is 12.4 Å². The maximum Gasteiger partial charge on any atom is 0.319 e. The maximum atomic E-state index is 11.3. The van der Waals surface area contributed by atoms with Crippen molar-refractivity contribution in [3.05, 3.63) is 23.3 Å². The summed E-state index contributed by atoms with van der Waals surface area (Å²) in [6.45, 7) is 2.47. The van der Waals surface area contributed by atoms with Gasteiger partial charge in [-0.3, -0.25) is 4.79 Å². The molecule has 0 saturated heterocycles. The molecule has 0 heterocycles. The summed E-state index contributed by atoms with van der Waals surface area (Å²) in [4.78, 5) is 11.3. The van der Waals surface area contributed by atoms with Gasteiger partial charge in [-0.05, 0) is 43.0 Å². The van der Waals surface area contributed by atoms with E-state index in [4.69, 9.17) is 14.2 Å². The van der Waals surface area contributed by atoms with E-state index in [1.54, 1.807) is 14.2 Å². The second kappa shape index (κ2) is 8.10. The van der Waals surface area contributed by atoms with Crippen molar-refractivity contribution in [3.63, 3.8) is 0 Å². The summed E-state index contributed by atoms with van der Waals surface area (Å²) < 4.78 is 15.5. The van der Waals surface area contributed by atoms with Crippen LogP contribution in [0.3, 0.4) is 0 Å². The minimum absolute atomic E-state index is 0. The van der Waals surface area contributed by atoms with Crippen LogP contribution in [0, 0.1) is 0 Å². The number of ether oxygens (including phenoxy) is 3. The predicted octanol–water partition coefficient (Wildman–Crippen LogP) is 1.75. The van der Waals surface area contributed by atoms with E-state index < -0.39 is 0 Å². The smallest absolute Gasteiger partial charge is 0.319 e. The molecule has 2 rings (SSSR count). The highest BCUT2D eigenvalue weighted by Gasteiger charge is 2.24. The molecule has 6 heteroatoms. The minimum Gasteiger partial charge on any atom is -0.493 e. The van der Waals surface area contributed by atoms with E-state index >= 15 is 0 Å². The molecular formula is C15H22ClNO4. The summed E-state index contributed by atoms with van der Waals surface area (Å²) in [5.41, 5.74) is 2.48. The van der Waals surface area contributed by atoms with E-state index in [-0.39, 0.29) is 31.0 Å². The summed E-state index contributed by atoms with van der Waals surface area (Å²) in [5, 5.41) is 3.23. The third kappa shape index (κ3) is 4.25. The lowest BCUT2D eigenvalue weighted by molar-refractivity contribution is -0.142. The van der Waals surface area contributed by atoms with Gasteiger partial charge in [0.15, 0.2) is 11.5 Å². The van der Waals surface area contributed by atoms with Gasteiger partial charge >= 0.3 is 5.97 Å². The van der Waals surface area contributed by atoms with Gasteiger partial charge in [0.1, 0.15) is 0 Å². The highest BCUT2D eigenvalue weighted by Crippen LogP contribution is 2.34. The molecule has 0 aromatic heterocycles. The van der Waals surface area contributed by atoms with Crippen LogP contribution < -0.4 is 14.8 Å². The number of fused-ring (bicyclic) bond motifs is 1. The average molecular weight is 316 g/mol. The van der Waals surface area contributed by atoms with Crippen LogP contribution in [0.25, 0.3) is 0 Å². The number of hydrogen-bond donors (Lipinski definition) is 1. The molecule has 0 spiro atoms. The molecule has 21 heavy (non-hydrogen) atoms. The Morgan fingerprint density at radius 1 is 1.19 bits per heavy atom. The molecule has 1 N–H and O–H groups in total. The van der Waals surface area contributed by atoms with E-state index in [1.807, 2.05) is 19.1 Å². The van der Waals surface area contributed by atoms with Gasteiger partial charge < -0.3 is 19.5 Å². The summed E-state index contributed by atoms with van der Waals surface area (Å²) in [7, 11) is 3.27. The van der Waals surface area contributed by atoms with Gasteiger partial charge in [-0.2, -0.15) is 0 Å². The van der Waals surface area contributed by atoms with Gasteiger partial charge in [0, 0.05) is 6.04 Å². The topological polar surface area (TPSA) is 56.8 Å². The highest BCUT2D eigenvalue weighted by molar-refractivity contribution is 5.85. The average Bonchev–Trinajstić information content (AvgIpc) is 2.85. The van der Waals surface area contributed by atoms with Gasteiger partial charge in [-0.1, -0.05) is 0 Å². The second-order valence-corrected chi connectivity index (χ2v) is 4.77. The molecule has 1 aromatic rings. The zero-order valence-electron chi connectivity index (χ0n) is 12.6. The molecule has 0 saturated carbocycles. The molecular weight excluding hydrogens is 294 g/mol. The Kier molecular flexibility index (Phi) is 6.78. The van der Waals surface area contributed by atoms with Crippen molar-refractivity contribution in [1.82, 2.24) is 5.32 Å². The number of rotatable bonds is 6. The zero-order chi connectivity index (χ0) is 14.5. The van der Waals surface area contributed by atoms with E-state index in [9.17, 15) is 4.79 Å². The Labute approximate surface area is 131 Å². The van der Waals surface area contributed by atoms with Crippen LogP contribution in [0.1, 0.15) is 18.1 Å². The first-order chi connectivity index (χ1) is 9.67. The number of halogens is 1. The first kappa shape index (κ1) is 17.6. The van der Waals surface area contributed by atoms with Crippen molar-refractivity contribution in [3.8, 4) is 11.5 Å². The lowest BCUT2D eigenvalue weighted by Crippen LogP contribution is -2.34. The summed E-state index contributed by atoms with van der Waals surface area (Å²) in [6, 6.07) is 4.28. The van der Waals surface area contributed by atoms with Crippen molar-refractivity contribution in [2.75, 3.05) is 27.4 Å². The number of carbonyl (C=O) groups is 1. The fourth-order valence-electron chi connectivity index (χ4n) is 2.53. The predicted molar refractivity (Wildman–Crippen MR) is 82.6 cm³/mol. The normalized spacial score (nSPS) is 13.3. The van der Waals surface area contributed by atoms with Crippen LogP contribution in [0.4, 0.5) is 0 Å². The molecule has 5 nitrogen and oxygen atoms in total. The molecule has 1 aromatic carbocycles.